The van der Waals surface area contributed by atoms with E-state index in [-0.39, 0.29) is 28.6 Å². The molecule has 4 aromatic rings. The highest BCUT2D eigenvalue weighted by atomic mass is 35.5. The van der Waals surface area contributed by atoms with Crippen molar-refractivity contribution < 1.29 is 18.0 Å². The van der Waals surface area contributed by atoms with Gasteiger partial charge in [0.05, 0.1) is 15.6 Å². The molecule has 7 nitrogen and oxygen atoms in total. The molecule has 4 aromatic carbocycles. The lowest BCUT2D eigenvalue weighted by atomic mass is 10.0. The van der Waals surface area contributed by atoms with Crippen molar-refractivity contribution in [3.8, 4) is 0 Å². The zero-order valence-electron chi connectivity index (χ0n) is 23.5. The number of para-hydroxylation sites is 1. The van der Waals surface area contributed by atoms with E-state index < -0.39 is 34.4 Å². The molecule has 0 aromatic heterocycles. The number of hydrogen-bond acceptors (Lipinski definition) is 4. The van der Waals surface area contributed by atoms with Gasteiger partial charge < -0.3 is 10.2 Å². The van der Waals surface area contributed by atoms with Crippen LogP contribution in [-0.2, 0) is 32.6 Å². The van der Waals surface area contributed by atoms with Crippen molar-refractivity contribution in [1.29, 1.82) is 0 Å². The number of likely N-dealkylation sites (N-methyl/N-ethyl adjacent to an activating group) is 1. The van der Waals surface area contributed by atoms with Crippen molar-refractivity contribution in [2.45, 2.75) is 30.8 Å². The topological polar surface area (TPSA) is 86.8 Å². The van der Waals surface area contributed by atoms with Gasteiger partial charge in [0.2, 0.25) is 11.8 Å². The Morgan fingerprint density at radius 2 is 1.37 bits per heavy atom. The van der Waals surface area contributed by atoms with Gasteiger partial charge in [0.1, 0.15) is 12.6 Å². The summed E-state index contributed by atoms with van der Waals surface area (Å²) in [5.41, 5.74) is 2.21. The molecule has 0 heterocycles. The number of amides is 2. The molecule has 0 fully saturated rings. The quantitative estimate of drug-likeness (QED) is 0.198. The molecule has 0 saturated carbocycles. The lowest BCUT2D eigenvalue weighted by Gasteiger charge is -2.34. The number of carbonyl (C=O) groups excluding carboxylic acids is 2. The minimum Gasteiger partial charge on any atom is -0.357 e. The highest BCUT2D eigenvalue weighted by molar-refractivity contribution is 7.92. The smallest absolute Gasteiger partial charge is 0.264 e. The van der Waals surface area contributed by atoms with Crippen LogP contribution in [0.3, 0.4) is 0 Å². The van der Waals surface area contributed by atoms with Crippen LogP contribution in [0.15, 0.2) is 102 Å². The number of benzene rings is 4. The fourth-order valence-corrected chi connectivity index (χ4v) is 6.82. The zero-order chi connectivity index (χ0) is 31.1. The number of nitrogens with zero attached hydrogens (tertiary/aromatic N) is 2. The molecule has 4 rings (SSSR count). The summed E-state index contributed by atoms with van der Waals surface area (Å²) in [5.74, 6) is -1.10. The van der Waals surface area contributed by atoms with Crippen molar-refractivity contribution in [2.75, 3.05) is 17.9 Å². The summed E-state index contributed by atoms with van der Waals surface area (Å²) in [4.78, 5) is 29.0. The Kier molecular flexibility index (Phi) is 10.7. The molecule has 0 radical (unpaired) electrons. The van der Waals surface area contributed by atoms with Gasteiger partial charge in [0, 0.05) is 35.6 Å². The number of sulfonamides is 1. The zero-order valence-corrected chi connectivity index (χ0v) is 26.6. The highest BCUT2D eigenvalue weighted by Gasteiger charge is 2.35. The van der Waals surface area contributed by atoms with E-state index in [4.69, 9.17) is 34.8 Å². The molecule has 0 bridgehead atoms. The minimum atomic E-state index is -4.27. The van der Waals surface area contributed by atoms with Gasteiger partial charge in [0.25, 0.3) is 10.0 Å². The molecule has 2 amide bonds. The van der Waals surface area contributed by atoms with Crippen molar-refractivity contribution in [2.24, 2.45) is 0 Å². The molecule has 0 unspecified atom stereocenters. The fourth-order valence-electron chi connectivity index (χ4n) is 4.58. The van der Waals surface area contributed by atoms with Crippen LogP contribution >= 0.6 is 34.8 Å². The number of carbonyl (C=O) groups is 2. The molecule has 43 heavy (non-hydrogen) atoms. The second kappa shape index (κ2) is 14.3. The summed E-state index contributed by atoms with van der Waals surface area (Å²) < 4.78 is 29.1. The molecule has 0 aliphatic heterocycles. The first-order chi connectivity index (χ1) is 20.5. The van der Waals surface area contributed by atoms with E-state index in [2.05, 4.69) is 5.32 Å². The van der Waals surface area contributed by atoms with Gasteiger partial charge in [-0.05, 0) is 48.9 Å². The Bertz CT molecular complexity index is 1680. The summed E-state index contributed by atoms with van der Waals surface area (Å²) in [6.07, 6.45) is 0.158. The van der Waals surface area contributed by atoms with Crippen LogP contribution in [0, 0.1) is 6.92 Å². The molecule has 0 spiro atoms. The van der Waals surface area contributed by atoms with E-state index in [9.17, 15) is 18.0 Å². The maximum Gasteiger partial charge on any atom is 0.264 e. The van der Waals surface area contributed by atoms with Gasteiger partial charge in [-0.1, -0.05) is 101 Å². The van der Waals surface area contributed by atoms with E-state index >= 15 is 0 Å². The average molecular weight is 659 g/mol. The first kappa shape index (κ1) is 32.4. The van der Waals surface area contributed by atoms with Crippen LogP contribution in [0.1, 0.15) is 16.7 Å². The van der Waals surface area contributed by atoms with Crippen LogP contribution in [0.25, 0.3) is 0 Å². The first-order valence-corrected chi connectivity index (χ1v) is 15.9. The van der Waals surface area contributed by atoms with E-state index in [0.717, 1.165) is 15.4 Å². The molecule has 0 aliphatic rings. The number of aryl methyl sites for hydroxylation is 1. The minimum absolute atomic E-state index is 0.0151. The van der Waals surface area contributed by atoms with Gasteiger partial charge in [-0.15, -0.1) is 0 Å². The van der Waals surface area contributed by atoms with E-state index in [0.29, 0.717) is 15.6 Å². The highest BCUT2D eigenvalue weighted by Crippen LogP contribution is 2.32. The molecule has 1 atom stereocenters. The Hall–Kier alpha value is -3.56. The third kappa shape index (κ3) is 7.70. The van der Waals surface area contributed by atoms with E-state index in [1.807, 2.05) is 37.3 Å². The second-order valence-electron chi connectivity index (χ2n) is 9.82. The third-order valence-corrected chi connectivity index (χ3v) is 9.72. The predicted molar refractivity (Wildman–Crippen MR) is 172 cm³/mol. The summed E-state index contributed by atoms with van der Waals surface area (Å²) >= 11 is 19.5. The molecule has 1 N–H and O–H groups in total. The number of halogens is 3. The van der Waals surface area contributed by atoms with Gasteiger partial charge in [0.15, 0.2) is 0 Å². The van der Waals surface area contributed by atoms with Crippen molar-refractivity contribution >= 4 is 62.3 Å². The Morgan fingerprint density at radius 3 is 1.98 bits per heavy atom. The van der Waals surface area contributed by atoms with Gasteiger partial charge >= 0.3 is 0 Å². The lowest BCUT2D eigenvalue weighted by Crippen LogP contribution is -2.53. The van der Waals surface area contributed by atoms with Gasteiger partial charge in [-0.3, -0.25) is 13.9 Å². The van der Waals surface area contributed by atoms with Crippen molar-refractivity contribution in [1.82, 2.24) is 10.2 Å². The first-order valence-electron chi connectivity index (χ1n) is 13.3. The van der Waals surface area contributed by atoms with Crippen LogP contribution in [-0.4, -0.2) is 44.8 Å². The van der Waals surface area contributed by atoms with Gasteiger partial charge in [-0.2, -0.15) is 0 Å². The normalized spacial score (nSPS) is 11.9. The molecule has 11 heteroatoms. The van der Waals surface area contributed by atoms with E-state index in [1.54, 1.807) is 48.5 Å². The average Bonchev–Trinajstić information content (AvgIpc) is 2.99. The van der Waals surface area contributed by atoms with Crippen molar-refractivity contribution in [3.63, 3.8) is 0 Å². The largest absolute Gasteiger partial charge is 0.357 e. The van der Waals surface area contributed by atoms with E-state index in [1.165, 1.54) is 30.1 Å². The maximum atomic E-state index is 14.4. The Balaban J connectivity index is 1.83. The van der Waals surface area contributed by atoms with Crippen LogP contribution in [0.5, 0.6) is 0 Å². The summed E-state index contributed by atoms with van der Waals surface area (Å²) in [5, 5.41) is 3.38. The molecule has 0 saturated heterocycles. The third-order valence-electron chi connectivity index (χ3n) is 6.92. The second-order valence-corrected chi connectivity index (χ2v) is 12.9. The summed E-state index contributed by atoms with van der Waals surface area (Å²) in [7, 11) is -2.80. The Morgan fingerprint density at radius 1 is 0.791 bits per heavy atom. The number of nitrogens with one attached hydrogen (secondary N) is 1. The van der Waals surface area contributed by atoms with Crippen LogP contribution in [0.4, 0.5) is 5.69 Å². The lowest BCUT2D eigenvalue weighted by molar-refractivity contribution is -0.139. The number of rotatable bonds is 11. The van der Waals surface area contributed by atoms with Gasteiger partial charge in [-0.25, -0.2) is 8.42 Å². The summed E-state index contributed by atoms with van der Waals surface area (Å²) in [6.45, 7) is 1.04. The fraction of sp³-hybridized carbons (Fsp3) is 0.188. The molecular weight excluding hydrogens is 629 g/mol. The predicted octanol–water partition coefficient (Wildman–Crippen LogP) is 6.54. The molecular formula is C32H30Cl3N3O4S. The molecule has 224 valence electrons. The monoisotopic (exact) mass is 657 g/mol. The summed E-state index contributed by atoms with van der Waals surface area (Å²) in [6, 6.07) is 25.8. The SMILES string of the molecule is CNC(=O)[C@@H](Cc1ccccc1)N(Cc1c(Cl)cccc1Cl)C(=O)CN(c1ccccc1Cl)S(=O)(=O)c1ccc(C)cc1. The number of hydrogen-bond donors (Lipinski definition) is 1. The Labute approximate surface area is 267 Å². The molecule has 0 aliphatic carbocycles. The van der Waals surface area contributed by atoms with Crippen LogP contribution in [0.2, 0.25) is 15.1 Å². The van der Waals surface area contributed by atoms with Crippen molar-refractivity contribution in [3.05, 3.63) is 129 Å². The number of anilines is 1. The maximum absolute atomic E-state index is 14.4. The van der Waals surface area contributed by atoms with Crippen LogP contribution < -0.4 is 9.62 Å². The standard InChI is InChI=1S/C32H30Cl3N3O4S/c1-22-15-17-24(18-16-22)43(41,42)38(29-14-7-6-11-28(29)35)21-31(39)37(20-25-26(33)12-8-13-27(25)34)30(32(40)36-2)19-23-9-4-3-5-10-23/h3-18,30H,19-21H2,1-2H3,(H,36,40)/t30-/m1/s1.